The Bertz CT molecular complexity index is 656. The van der Waals surface area contributed by atoms with Crippen LogP contribution in [0, 0.1) is 0 Å². The molecule has 0 atom stereocenters. The predicted octanol–water partition coefficient (Wildman–Crippen LogP) is 2.93. The van der Waals surface area contributed by atoms with Crippen molar-refractivity contribution >= 4 is 22.8 Å². The minimum Gasteiger partial charge on any atom is -0.481 e. The van der Waals surface area contributed by atoms with Crippen LogP contribution in [0.3, 0.4) is 0 Å². The van der Waals surface area contributed by atoms with Gasteiger partial charge >= 0.3 is 5.97 Å². The van der Waals surface area contributed by atoms with Gasteiger partial charge in [-0.3, -0.25) is 9.59 Å². The molecule has 5 heteroatoms. The zero-order valence-corrected chi connectivity index (χ0v) is 12.3. The first-order valence-corrected chi connectivity index (χ1v) is 7.11. The molecule has 1 amide bonds. The van der Waals surface area contributed by atoms with Gasteiger partial charge in [-0.2, -0.15) is 0 Å². The largest absolute Gasteiger partial charge is 0.481 e. The quantitative estimate of drug-likeness (QED) is 0.764. The fraction of sp³-hybridized carbons (Fsp3) is 0.375. The van der Waals surface area contributed by atoms with E-state index in [1.54, 1.807) is 12.1 Å². The van der Waals surface area contributed by atoms with Crippen LogP contribution in [0.2, 0.25) is 0 Å². The SMILES string of the molecule is CCC(CC)(CC(=O)O)NC(=O)c1ccc2cc[nH]c2c1. The van der Waals surface area contributed by atoms with E-state index in [1.807, 2.05) is 32.2 Å². The molecule has 0 radical (unpaired) electrons. The molecule has 0 aliphatic carbocycles. The van der Waals surface area contributed by atoms with Crippen molar-refractivity contribution in [3.8, 4) is 0 Å². The van der Waals surface area contributed by atoms with Gasteiger partial charge in [0.1, 0.15) is 0 Å². The number of hydrogen-bond donors (Lipinski definition) is 3. The molecule has 0 unspecified atom stereocenters. The highest BCUT2D eigenvalue weighted by atomic mass is 16.4. The van der Waals surface area contributed by atoms with Crippen LogP contribution in [0.25, 0.3) is 10.9 Å². The summed E-state index contributed by atoms with van der Waals surface area (Å²) in [5.74, 6) is -1.14. The molecule has 1 heterocycles. The fourth-order valence-corrected chi connectivity index (χ4v) is 2.51. The van der Waals surface area contributed by atoms with Gasteiger partial charge in [-0.05, 0) is 36.4 Å². The summed E-state index contributed by atoms with van der Waals surface area (Å²) in [7, 11) is 0. The molecule has 0 aliphatic heterocycles. The van der Waals surface area contributed by atoms with E-state index in [0.717, 1.165) is 10.9 Å². The summed E-state index contributed by atoms with van der Waals surface area (Å²) in [6, 6.07) is 7.34. The van der Waals surface area contributed by atoms with Crippen LogP contribution < -0.4 is 5.32 Å². The van der Waals surface area contributed by atoms with Crippen molar-refractivity contribution in [3.63, 3.8) is 0 Å². The smallest absolute Gasteiger partial charge is 0.305 e. The number of H-pyrrole nitrogens is 1. The Balaban J connectivity index is 2.23. The van der Waals surface area contributed by atoms with Gasteiger partial charge in [-0.15, -0.1) is 0 Å². The van der Waals surface area contributed by atoms with Gasteiger partial charge < -0.3 is 15.4 Å². The van der Waals surface area contributed by atoms with Crippen LogP contribution in [-0.2, 0) is 4.79 Å². The van der Waals surface area contributed by atoms with E-state index in [2.05, 4.69) is 10.3 Å². The summed E-state index contributed by atoms with van der Waals surface area (Å²) in [6.07, 6.45) is 2.90. The summed E-state index contributed by atoms with van der Waals surface area (Å²) in [4.78, 5) is 26.5. The van der Waals surface area contributed by atoms with E-state index in [1.165, 1.54) is 0 Å². The number of carboxylic acids is 1. The number of aromatic nitrogens is 1. The molecule has 0 fully saturated rings. The Morgan fingerprint density at radius 3 is 2.57 bits per heavy atom. The predicted molar refractivity (Wildman–Crippen MR) is 81.3 cm³/mol. The Morgan fingerprint density at radius 2 is 1.95 bits per heavy atom. The Hall–Kier alpha value is -2.30. The average molecular weight is 288 g/mol. The van der Waals surface area contributed by atoms with E-state index in [9.17, 15) is 9.59 Å². The van der Waals surface area contributed by atoms with Crippen LogP contribution in [0.15, 0.2) is 30.5 Å². The van der Waals surface area contributed by atoms with Gasteiger partial charge in [0.15, 0.2) is 0 Å². The molecule has 0 spiro atoms. The number of benzene rings is 1. The third-order valence-electron chi connectivity index (χ3n) is 4.04. The van der Waals surface area contributed by atoms with E-state index in [0.29, 0.717) is 18.4 Å². The van der Waals surface area contributed by atoms with Gasteiger partial charge in [0, 0.05) is 17.3 Å². The van der Waals surface area contributed by atoms with Gasteiger partial charge in [-0.25, -0.2) is 0 Å². The van der Waals surface area contributed by atoms with Crippen molar-refractivity contribution in [1.82, 2.24) is 10.3 Å². The molecule has 0 aliphatic rings. The molecule has 2 rings (SSSR count). The van der Waals surface area contributed by atoms with E-state index >= 15 is 0 Å². The lowest BCUT2D eigenvalue weighted by molar-refractivity contribution is -0.138. The maximum atomic E-state index is 12.4. The Labute approximate surface area is 123 Å². The molecule has 1 aromatic heterocycles. The first kappa shape index (κ1) is 15.1. The number of carbonyl (C=O) groups is 2. The zero-order chi connectivity index (χ0) is 15.5. The topological polar surface area (TPSA) is 82.2 Å². The number of rotatable bonds is 6. The van der Waals surface area contributed by atoms with E-state index < -0.39 is 11.5 Å². The summed E-state index contributed by atoms with van der Waals surface area (Å²) >= 11 is 0. The third-order valence-corrected chi connectivity index (χ3v) is 4.04. The molecule has 0 saturated carbocycles. The molecule has 1 aromatic carbocycles. The monoisotopic (exact) mass is 288 g/mol. The number of fused-ring (bicyclic) bond motifs is 1. The summed E-state index contributed by atoms with van der Waals surface area (Å²) < 4.78 is 0. The average Bonchev–Trinajstić information content (AvgIpc) is 2.93. The molecule has 3 N–H and O–H groups in total. The standard InChI is InChI=1S/C16H20N2O3/c1-3-16(4-2,10-14(19)20)18-15(21)12-6-5-11-7-8-17-13(11)9-12/h5-9,17H,3-4,10H2,1-2H3,(H,18,21)(H,19,20). The molecular weight excluding hydrogens is 268 g/mol. The highest BCUT2D eigenvalue weighted by Gasteiger charge is 2.31. The molecule has 21 heavy (non-hydrogen) atoms. The first-order valence-electron chi connectivity index (χ1n) is 7.11. The maximum Gasteiger partial charge on any atom is 0.305 e. The lowest BCUT2D eigenvalue weighted by Crippen LogP contribution is -2.49. The van der Waals surface area contributed by atoms with Crippen LogP contribution in [0.4, 0.5) is 0 Å². The number of aliphatic carboxylic acids is 1. The highest BCUT2D eigenvalue weighted by Crippen LogP contribution is 2.21. The van der Waals surface area contributed by atoms with Crippen molar-refractivity contribution in [2.75, 3.05) is 0 Å². The number of hydrogen-bond acceptors (Lipinski definition) is 2. The molecule has 0 bridgehead atoms. The molecule has 5 nitrogen and oxygen atoms in total. The Morgan fingerprint density at radius 1 is 1.24 bits per heavy atom. The lowest BCUT2D eigenvalue weighted by Gasteiger charge is -2.31. The number of carbonyl (C=O) groups excluding carboxylic acids is 1. The van der Waals surface area contributed by atoms with Gasteiger partial charge in [0.25, 0.3) is 5.91 Å². The highest BCUT2D eigenvalue weighted by molar-refractivity contribution is 5.98. The number of aromatic amines is 1. The zero-order valence-electron chi connectivity index (χ0n) is 12.3. The number of nitrogens with one attached hydrogen (secondary N) is 2. The van der Waals surface area contributed by atoms with Crippen molar-refractivity contribution < 1.29 is 14.7 Å². The lowest BCUT2D eigenvalue weighted by atomic mass is 9.88. The van der Waals surface area contributed by atoms with Crippen LogP contribution in [0.5, 0.6) is 0 Å². The third kappa shape index (κ3) is 3.24. The molecule has 2 aromatic rings. The van der Waals surface area contributed by atoms with Crippen molar-refractivity contribution in [3.05, 3.63) is 36.0 Å². The molecular formula is C16H20N2O3. The molecule has 112 valence electrons. The fourth-order valence-electron chi connectivity index (χ4n) is 2.51. The first-order chi connectivity index (χ1) is 9.99. The number of amides is 1. The van der Waals surface area contributed by atoms with Crippen molar-refractivity contribution in [2.24, 2.45) is 0 Å². The summed E-state index contributed by atoms with van der Waals surface area (Å²) in [6.45, 7) is 3.78. The molecule has 0 saturated heterocycles. The van der Waals surface area contributed by atoms with Crippen molar-refractivity contribution in [2.45, 2.75) is 38.6 Å². The van der Waals surface area contributed by atoms with Crippen molar-refractivity contribution in [1.29, 1.82) is 0 Å². The Kier molecular flexibility index (Phi) is 4.31. The van der Waals surface area contributed by atoms with Crippen LogP contribution in [-0.4, -0.2) is 27.5 Å². The van der Waals surface area contributed by atoms with Gasteiger partial charge in [0.05, 0.1) is 12.0 Å². The van der Waals surface area contributed by atoms with E-state index in [4.69, 9.17) is 5.11 Å². The van der Waals surface area contributed by atoms with Crippen LogP contribution >= 0.6 is 0 Å². The van der Waals surface area contributed by atoms with Gasteiger partial charge in [-0.1, -0.05) is 19.9 Å². The minimum absolute atomic E-state index is 0.0729. The second-order valence-electron chi connectivity index (χ2n) is 5.29. The summed E-state index contributed by atoms with van der Waals surface area (Å²) in [5, 5.41) is 13.0. The second-order valence-corrected chi connectivity index (χ2v) is 5.29. The maximum absolute atomic E-state index is 12.4. The normalized spacial score (nSPS) is 11.5. The summed E-state index contributed by atoms with van der Waals surface area (Å²) in [5.41, 5.74) is 0.717. The minimum atomic E-state index is -0.904. The number of carboxylic acid groups (broad SMARTS) is 1. The second kappa shape index (κ2) is 5.99. The van der Waals surface area contributed by atoms with Gasteiger partial charge in [0.2, 0.25) is 0 Å². The van der Waals surface area contributed by atoms with Crippen LogP contribution in [0.1, 0.15) is 43.5 Å². The van der Waals surface area contributed by atoms with E-state index in [-0.39, 0.29) is 12.3 Å².